The van der Waals surface area contributed by atoms with E-state index in [-0.39, 0.29) is 11.4 Å². The maximum Gasteiger partial charge on any atom is 0.238 e. The normalized spacial score (nSPS) is 12.9. The van der Waals surface area contributed by atoms with Gasteiger partial charge < -0.3 is 0 Å². The van der Waals surface area contributed by atoms with Crippen LogP contribution in [0.5, 0.6) is 0 Å². The predicted octanol–water partition coefficient (Wildman–Crippen LogP) is 7.87. The lowest BCUT2D eigenvalue weighted by atomic mass is 9.89. The van der Waals surface area contributed by atoms with Crippen molar-refractivity contribution in [1.82, 2.24) is 19.5 Å². The van der Waals surface area contributed by atoms with Crippen LogP contribution in [-0.2, 0) is 0 Å². The van der Waals surface area contributed by atoms with Gasteiger partial charge in [0.25, 0.3) is 0 Å². The molecule has 6 nitrogen and oxygen atoms in total. The van der Waals surface area contributed by atoms with Gasteiger partial charge >= 0.3 is 0 Å². The summed E-state index contributed by atoms with van der Waals surface area (Å²) in [5.41, 5.74) is 6.02. The van der Waals surface area contributed by atoms with E-state index >= 15 is 0 Å². The van der Waals surface area contributed by atoms with E-state index in [2.05, 4.69) is 53.1 Å². The van der Waals surface area contributed by atoms with E-state index in [1.54, 1.807) is 6.08 Å². The second-order valence-corrected chi connectivity index (χ2v) is 10.1. The highest BCUT2D eigenvalue weighted by molar-refractivity contribution is 6.53. The Labute approximate surface area is 235 Å². The molecule has 2 aromatic heterocycles. The van der Waals surface area contributed by atoms with Crippen LogP contribution in [-0.4, -0.2) is 30.9 Å². The average Bonchev–Trinajstić information content (AvgIpc) is 3.37. The molecule has 7 aromatic rings. The first kappa shape index (κ1) is 23.2. The maximum absolute atomic E-state index is 8.53. The van der Waals surface area contributed by atoms with Gasteiger partial charge in [-0.2, -0.15) is 9.97 Å². The van der Waals surface area contributed by atoms with E-state index in [4.69, 9.17) is 25.8 Å². The van der Waals surface area contributed by atoms with E-state index in [0.717, 1.165) is 54.8 Å². The molecular formula is C35H22N6. The minimum absolute atomic E-state index is 0.217. The fraction of sp³-hybridized carbons (Fsp3) is 0. The fourth-order valence-electron chi connectivity index (χ4n) is 5.74. The molecule has 0 bridgehead atoms. The third kappa shape index (κ3) is 3.62. The molecule has 0 saturated heterocycles. The molecule has 1 aliphatic rings. The number of rotatable bonds is 3. The number of benzene rings is 5. The van der Waals surface area contributed by atoms with E-state index in [0.29, 0.717) is 17.6 Å². The van der Waals surface area contributed by atoms with Crippen molar-refractivity contribution in [1.29, 1.82) is 10.8 Å². The highest BCUT2D eigenvalue weighted by Gasteiger charge is 2.20. The summed E-state index contributed by atoms with van der Waals surface area (Å²) in [7, 11) is 0. The smallest absolute Gasteiger partial charge is 0.238 e. The minimum Gasteiger partial charge on any atom is -0.299 e. The number of hydrogen-bond acceptors (Lipinski definition) is 5. The zero-order valence-electron chi connectivity index (χ0n) is 21.8. The van der Waals surface area contributed by atoms with Gasteiger partial charge in [-0.25, -0.2) is 4.98 Å². The Morgan fingerprint density at radius 2 is 1.20 bits per heavy atom. The van der Waals surface area contributed by atoms with E-state index < -0.39 is 0 Å². The Hall–Kier alpha value is -5.75. The lowest BCUT2D eigenvalue weighted by Crippen LogP contribution is -2.16. The molecule has 0 fully saturated rings. The van der Waals surface area contributed by atoms with Crippen molar-refractivity contribution in [3.8, 4) is 28.7 Å². The Kier molecular flexibility index (Phi) is 5.02. The van der Waals surface area contributed by atoms with Crippen molar-refractivity contribution in [2.75, 3.05) is 0 Å². The average molecular weight is 527 g/mol. The molecule has 0 amide bonds. The number of para-hydroxylation sites is 2. The van der Waals surface area contributed by atoms with Gasteiger partial charge in [-0.1, -0.05) is 97.1 Å². The van der Waals surface area contributed by atoms with Crippen LogP contribution in [0.2, 0.25) is 0 Å². The van der Waals surface area contributed by atoms with Gasteiger partial charge in [0.05, 0.1) is 22.5 Å². The topological polar surface area (TPSA) is 91.3 Å². The number of fused-ring (bicyclic) bond motifs is 6. The monoisotopic (exact) mass is 526 g/mol. The summed E-state index contributed by atoms with van der Waals surface area (Å²) in [4.78, 5) is 15.0. The van der Waals surface area contributed by atoms with Gasteiger partial charge in [-0.15, -0.1) is 0 Å². The number of nitrogens with one attached hydrogen (secondary N) is 2. The van der Waals surface area contributed by atoms with Crippen molar-refractivity contribution in [2.45, 2.75) is 0 Å². The van der Waals surface area contributed by atoms with Gasteiger partial charge in [-0.05, 0) is 40.6 Å². The van der Waals surface area contributed by atoms with Crippen LogP contribution in [0.3, 0.4) is 0 Å². The SMILES string of the molecule is N=C1C=Cc2ccc3cc(-c4nc(-c5ccccc5)nc(-n5c6ccccc6c6ccccc65)n4)ccc3c2C1=N. The zero-order valence-corrected chi connectivity index (χ0v) is 21.8. The number of hydrogen-bond donors (Lipinski definition) is 2. The van der Waals surface area contributed by atoms with E-state index in [1.165, 1.54) is 0 Å². The summed E-state index contributed by atoms with van der Waals surface area (Å²) in [6, 6.07) is 36.7. The summed E-state index contributed by atoms with van der Waals surface area (Å²) in [5, 5.41) is 20.9. The van der Waals surface area contributed by atoms with Crippen molar-refractivity contribution < 1.29 is 0 Å². The molecule has 6 heteroatoms. The standard InChI is InChI=1S/C35H22N6/c36-28-19-17-21-14-15-23-20-24(16-18-25(23)31(21)32(28)37)34-38-33(22-8-2-1-3-9-22)39-35(40-34)41-29-12-6-4-10-26(29)27-11-5-7-13-30(27)41/h1-20,36-37H. The molecule has 0 atom stereocenters. The largest absolute Gasteiger partial charge is 0.299 e. The number of aromatic nitrogens is 4. The third-order valence-electron chi connectivity index (χ3n) is 7.69. The second kappa shape index (κ2) is 8.89. The third-order valence-corrected chi connectivity index (χ3v) is 7.69. The molecule has 0 saturated carbocycles. The van der Waals surface area contributed by atoms with Gasteiger partial charge in [0.2, 0.25) is 5.95 Å². The van der Waals surface area contributed by atoms with Crippen molar-refractivity contribution in [2.24, 2.45) is 0 Å². The summed E-state index contributed by atoms with van der Waals surface area (Å²) < 4.78 is 2.11. The lowest BCUT2D eigenvalue weighted by molar-refractivity contribution is 0.953. The quantitative estimate of drug-likeness (QED) is 0.245. The molecule has 0 radical (unpaired) electrons. The second-order valence-electron chi connectivity index (χ2n) is 10.1. The van der Waals surface area contributed by atoms with Gasteiger partial charge in [-0.3, -0.25) is 15.4 Å². The molecule has 0 unspecified atom stereocenters. The molecule has 2 N–H and O–H groups in total. The van der Waals surface area contributed by atoms with Crippen LogP contribution in [0.4, 0.5) is 0 Å². The fourth-order valence-corrected chi connectivity index (χ4v) is 5.74. The van der Waals surface area contributed by atoms with Gasteiger partial charge in [0.1, 0.15) is 0 Å². The Balaban J connectivity index is 1.38. The molecule has 1 aliphatic carbocycles. The van der Waals surface area contributed by atoms with Gasteiger partial charge in [0, 0.05) is 27.5 Å². The Morgan fingerprint density at radius 1 is 0.537 bits per heavy atom. The Bertz CT molecular complexity index is 2190. The molecule has 8 rings (SSSR count). The predicted molar refractivity (Wildman–Crippen MR) is 166 cm³/mol. The Morgan fingerprint density at radius 3 is 1.93 bits per heavy atom. The van der Waals surface area contributed by atoms with Gasteiger partial charge in [0.15, 0.2) is 11.6 Å². The van der Waals surface area contributed by atoms with Crippen LogP contribution in [0.1, 0.15) is 11.1 Å². The summed E-state index contributed by atoms with van der Waals surface area (Å²) in [6.07, 6.45) is 3.58. The maximum atomic E-state index is 8.53. The van der Waals surface area contributed by atoms with Crippen molar-refractivity contribution in [3.05, 3.63) is 126 Å². The van der Waals surface area contributed by atoms with Crippen molar-refractivity contribution >= 4 is 50.1 Å². The number of nitrogens with zero attached hydrogens (tertiary/aromatic N) is 4. The van der Waals surface area contributed by atoms with E-state index in [1.807, 2.05) is 66.7 Å². The lowest BCUT2D eigenvalue weighted by Gasteiger charge is -2.16. The van der Waals surface area contributed by atoms with Crippen molar-refractivity contribution in [3.63, 3.8) is 0 Å². The van der Waals surface area contributed by atoms with Crippen LogP contribution >= 0.6 is 0 Å². The van der Waals surface area contributed by atoms with E-state index in [9.17, 15) is 0 Å². The molecule has 2 heterocycles. The molecule has 0 aliphatic heterocycles. The van der Waals surface area contributed by atoms with Crippen LogP contribution in [0, 0.1) is 10.8 Å². The van der Waals surface area contributed by atoms with Crippen LogP contribution in [0.25, 0.3) is 67.4 Å². The minimum atomic E-state index is 0.217. The zero-order chi connectivity index (χ0) is 27.5. The molecule has 192 valence electrons. The van der Waals surface area contributed by atoms with Crippen LogP contribution in [0.15, 0.2) is 115 Å². The molecule has 41 heavy (non-hydrogen) atoms. The summed E-state index contributed by atoms with van der Waals surface area (Å²) >= 11 is 0. The molecule has 5 aromatic carbocycles. The summed E-state index contributed by atoms with van der Waals surface area (Å²) in [5.74, 6) is 1.72. The first-order valence-corrected chi connectivity index (χ1v) is 13.4. The first-order valence-electron chi connectivity index (χ1n) is 13.4. The molecule has 0 spiro atoms. The number of allylic oxidation sites excluding steroid dienone is 1. The first-order chi connectivity index (χ1) is 20.2. The van der Waals surface area contributed by atoms with Crippen LogP contribution < -0.4 is 0 Å². The highest BCUT2D eigenvalue weighted by Crippen LogP contribution is 2.33. The highest BCUT2D eigenvalue weighted by atomic mass is 15.2. The molecular weight excluding hydrogens is 504 g/mol. The summed E-state index contributed by atoms with van der Waals surface area (Å²) in [6.45, 7) is 0.